The predicted octanol–water partition coefficient (Wildman–Crippen LogP) is 3.64. The summed E-state index contributed by atoms with van der Waals surface area (Å²) in [6, 6.07) is 7.81. The van der Waals surface area contributed by atoms with Crippen molar-refractivity contribution in [1.82, 2.24) is 0 Å². The standard InChI is InChI=1S/C13H12ClF2NO3/c14-11-5-8(1-4-12(11)20-13(15)16)17-6-9-2-3-10(7-18)19-9/h1-5,13,17-18H,6-7H2. The van der Waals surface area contributed by atoms with Crippen molar-refractivity contribution in [2.45, 2.75) is 19.8 Å². The monoisotopic (exact) mass is 303 g/mol. The molecule has 0 spiro atoms. The number of rotatable bonds is 6. The second kappa shape index (κ2) is 6.58. The number of alkyl halides is 2. The highest BCUT2D eigenvalue weighted by Crippen LogP contribution is 2.29. The molecule has 1 aromatic heterocycles. The van der Waals surface area contributed by atoms with Gasteiger partial charge in [-0.25, -0.2) is 0 Å². The Morgan fingerprint density at radius 1 is 1.25 bits per heavy atom. The molecule has 1 aromatic carbocycles. The van der Waals surface area contributed by atoms with Crippen LogP contribution >= 0.6 is 11.6 Å². The van der Waals surface area contributed by atoms with Crippen molar-refractivity contribution in [2.24, 2.45) is 0 Å². The van der Waals surface area contributed by atoms with Gasteiger partial charge in [0.15, 0.2) is 0 Å². The summed E-state index contributed by atoms with van der Waals surface area (Å²) in [7, 11) is 0. The number of aliphatic hydroxyl groups is 1. The van der Waals surface area contributed by atoms with Crippen LogP contribution in [0.5, 0.6) is 5.75 Å². The first-order valence-corrected chi connectivity index (χ1v) is 6.13. The average molecular weight is 304 g/mol. The third-order valence-electron chi connectivity index (χ3n) is 2.49. The molecule has 2 N–H and O–H groups in total. The second-order valence-electron chi connectivity index (χ2n) is 3.90. The molecule has 7 heteroatoms. The summed E-state index contributed by atoms with van der Waals surface area (Å²) in [5.41, 5.74) is 0.638. The molecule has 0 aliphatic carbocycles. The summed E-state index contributed by atoms with van der Waals surface area (Å²) in [6.45, 7) is -2.69. The van der Waals surface area contributed by atoms with E-state index in [1.54, 1.807) is 18.2 Å². The average Bonchev–Trinajstić information content (AvgIpc) is 2.87. The Morgan fingerprint density at radius 3 is 2.60 bits per heavy atom. The molecule has 4 nitrogen and oxygen atoms in total. The highest BCUT2D eigenvalue weighted by atomic mass is 35.5. The lowest BCUT2D eigenvalue weighted by atomic mass is 10.3. The van der Waals surface area contributed by atoms with E-state index < -0.39 is 6.61 Å². The van der Waals surface area contributed by atoms with E-state index in [0.29, 0.717) is 23.8 Å². The molecule has 0 bridgehead atoms. The molecule has 0 saturated heterocycles. The van der Waals surface area contributed by atoms with Crippen molar-refractivity contribution < 1.29 is 23.0 Å². The molecule has 2 rings (SSSR count). The van der Waals surface area contributed by atoms with Gasteiger partial charge < -0.3 is 19.6 Å². The van der Waals surface area contributed by atoms with Gasteiger partial charge in [0.1, 0.15) is 23.9 Å². The van der Waals surface area contributed by atoms with Crippen LogP contribution in [0.4, 0.5) is 14.5 Å². The molecule has 0 amide bonds. The van der Waals surface area contributed by atoms with Gasteiger partial charge >= 0.3 is 6.61 Å². The van der Waals surface area contributed by atoms with Gasteiger partial charge in [-0.05, 0) is 30.3 Å². The zero-order valence-electron chi connectivity index (χ0n) is 10.3. The van der Waals surface area contributed by atoms with E-state index in [4.69, 9.17) is 21.1 Å². The Hall–Kier alpha value is -1.79. The first-order valence-electron chi connectivity index (χ1n) is 5.75. The molecule has 0 radical (unpaired) electrons. The van der Waals surface area contributed by atoms with Crippen LogP contribution in [0, 0.1) is 0 Å². The number of aliphatic hydroxyl groups excluding tert-OH is 1. The van der Waals surface area contributed by atoms with Crippen LogP contribution in [0.15, 0.2) is 34.7 Å². The third kappa shape index (κ3) is 3.85. The minimum Gasteiger partial charge on any atom is -0.462 e. The summed E-state index contributed by atoms with van der Waals surface area (Å²) in [5.74, 6) is 1.03. The fraction of sp³-hybridized carbons (Fsp3) is 0.231. The van der Waals surface area contributed by atoms with E-state index >= 15 is 0 Å². The molecule has 108 valence electrons. The SMILES string of the molecule is OCc1ccc(CNc2ccc(OC(F)F)c(Cl)c2)o1. The number of benzene rings is 1. The van der Waals surface area contributed by atoms with Crippen molar-refractivity contribution in [2.75, 3.05) is 5.32 Å². The molecule has 0 saturated carbocycles. The van der Waals surface area contributed by atoms with Gasteiger partial charge in [0.25, 0.3) is 0 Å². The number of ether oxygens (including phenoxy) is 1. The Labute approximate surface area is 118 Å². The molecule has 0 aliphatic heterocycles. The largest absolute Gasteiger partial charge is 0.462 e. The van der Waals surface area contributed by atoms with Crippen LogP contribution < -0.4 is 10.1 Å². The van der Waals surface area contributed by atoms with E-state index in [-0.39, 0.29) is 17.4 Å². The Balaban J connectivity index is 1.97. The van der Waals surface area contributed by atoms with E-state index in [0.717, 1.165) is 0 Å². The van der Waals surface area contributed by atoms with Gasteiger partial charge in [-0.15, -0.1) is 0 Å². The number of nitrogens with one attached hydrogen (secondary N) is 1. The van der Waals surface area contributed by atoms with Crippen LogP contribution in [-0.4, -0.2) is 11.7 Å². The van der Waals surface area contributed by atoms with Crippen LogP contribution in [-0.2, 0) is 13.2 Å². The first kappa shape index (κ1) is 14.6. The van der Waals surface area contributed by atoms with Crippen LogP contribution in [0.25, 0.3) is 0 Å². The lowest BCUT2D eigenvalue weighted by Gasteiger charge is -2.09. The number of halogens is 3. The highest BCUT2D eigenvalue weighted by Gasteiger charge is 2.09. The molecule has 1 heterocycles. The predicted molar refractivity (Wildman–Crippen MR) is 70.0 cm³/mol. The molecule has 0 aliphatic rings. The van der Waals surface area contributed by atoms with Crippen molar-refractivity contribution >= 4 is 17.3 Å². The van der Waals surface area contributed by atoms with E-state index in [2.05, 4.69) is 10.1 Å². The summed E-state index contributed by atoms with van der Waals surface area (Å²) >= 11 is 5.83. The maximum absolute atomic E-state index is 12.1. The third-order valence-corrected chi connectivity index (χ3v) is 2.78. The van der Waals surface area contributed by atoms with Gasteiger partial charge in [-0.3, -0.25) is 0 Å². The first-order chi connectivity index (χ1) is 9.58. The molecule has 20 heavy (non-hydrogen) atoms. The van der Waals surface area contributed by atoms with Gasteiger partial charge in [0, 0.05) is 5.69 Å². The summed E-state index contributed by atoms with van der Waals surface area (Å²) in [6.07, 6.45) is 0. The fourth-order valence-electron chi connectivity index (χ4n) is 1.59. The lowest BCUT2D eigenvalue weighted by molar-refractivity contribution is -0.0497. The molecule has 0 unspecified atom stereocenters. The fourth-order valence-corrected chi connectivity index (χ4v) is 1.82. The van der Waals surface area contributed by atoms with E-state index in [9.17, 15) is 8.78 Å². The molecular formula is C13H12ClF2NO3. The molecule has 2 aromatic rings. The topological polar surface area (TPSA) is 54.6 Å². The second-order valence-corrected chi connectivity index (χ2v) is 4.31. The molecular weight excluding hydrogens is 292 g/mol. The van der Waals surface area contributed by atoms with Gasteiger partial charge in [0.2, 0.25) is 0 Å². The minimum atomic E-state index is -2.91. The van der Waals surface area contributed by atoms with Crippen molar-refractivity contribution in [3.05, 3.63) is 46.9 Å². The van der Waals surface area contributed by atoms with Gasteiger partial charge in [-0.1, -0.05) is 11.6 Å². The number of hydrogen-bond acceptors (Lipinski definition) is 4. The Bertz CT molecular complexity index is 574. The Kier molecular flexibility index (Phi) is 4.81. The summed E-state index contributed by atoms with van der Waals surface area (Å²) in [5, 5.41) is 12.0. The normalized spacial score (nSPS) is 10.8. The quantitative estimate of drug-likeness (QED) is 0.855. The lowest BCUT2D eigenvalue weighted by Crippen LogP contribution is -2.03. The zero-order chi connectivity index (χ0) is 14.5. The zero-order valence-corrected chi connectivity index (χ0v) is 11.0. The summed E-state index contributed by atoms with van der Waals surface area (Å²) in [4.78, 5) is 0. The number of furan rings is 1. The number of anilines is 1. The van der Waals surface area contributed by atoms with Gasteiger partial charge in [-0.2, -0.15) is 8.78 Å². The maximum Gasteiger partial charge on any atom is 0.387 e. The summed E-state index contributed by atoms with van der Waals surface area (Å²) < 4.78 is 33.7. The Morgan fingerprint density at radius 2 is 2.00 bits per heavy atom. The molecule has 0 atom stereocenters. The van der Waals surface area contributed by atoms with E-state index in [1.807, 2.05) is 0 Å². The van der Waals surface area contributed by atoms with Crippen molar-refractivity contribution in [3.63, 3.8) is 0 Å². The van der Waals surface area contributed by atoms with Gasteiger partial charge in [0.05, 0.1) is 11.6 Å². The smallest absolute Gasteiger partial charge is 0.387 e. The van der Waals surface area contributed by atoms with Crippen molar-refractivity contribution in [1.29, 1.82) is 0 Å². The maximum atomic E-state index is 12.1. The van der Waals surface area contributed by atoms with Crippen molar-refractivity contribution in [3.8, 4) is 5.75 Å². The molecule has 0 fully saturated rings. The highest BCUT2D eigenvalue weighted by molar-refractivity contribution is 6.32. The number of hydrogen-bond donors (Lipinski definition) is 2. The van der Waals surface area contributed by atoms with Crippen LogP contribution in [0.2, 0.25) is 5.02 Å². The van der Waals surface area contributed by atoms with E-state index in [1.165, 1.54) is 12.1 Å². The minimum absolute atomic E-state index is 0.0761. The van der Waals surface area contributed by atoms with Crippen LogP contribution in [0.1, 0.15) is 11.5 Å². The van der Waals surface area contributed by atoms with Crippen LogP contribution in [0.3, 0.4) is 0 Å².